The molecule has 0 aliphatic carbocycles. The van der Waals surface area contributed by atoms with Gasteiger partial charge in [-0.05, 0) is 0 Å². The Hall–Kier alpha value is 0.0284. The van der Waals surface area contributed by atoms with E-state index in [0.29, 0.717) is 0 Å². The van der Waals surface area contributed by atoms with E-state index in [-0.39, 0.29) is 0 Å². The van der Waals surface area contributed by atoms with Crippen molar-refractivity contribution in [1.82, 2.24) is 0 Å². The van der Waals surface area contributed by atoms with Gasteiger partial charge in [0.25, 0.3) is 5.97 Å². The molecule has 0 radical (unpaired) electrons. The Labute approximate surface area is 65.1 Å². The van der Waals surface area contributed by atoms with Gasteiger partial charge in [-0.3, -0.25) is 4.79 Å². The van der Waals surface area contributed by atoms with Gasteiger partial charge < -0.3 is 5.11 Å². The fraction of sp³-hybridized carbons (Fsp3) is 0.833. The third kappa shape index (κ3) is 70.9. The molecule has 0 aromatic carbocycles. The van der Waals surface area contributed by atoms with Crippen LogP contribution in [0.5, 0.6) is 0 Å². The van der Waals surface area contributed by atoms with E-state index in [2.05, 4.69) is 6.92 Å². The molecule has 0 spiro atoms. The number of hydrogen-bond donors (Lipinski definition) is 1. The summed E-state index contributed by atoms with van der Waals surface area (Å²) in [6.45, 7) is 3.31. The summed E-state index contributed by atoms with van der Waals surface area (Å²) in [5, 5.41) is 8.82. The molecule has 1 unspecified atom stereocenters. The van der Waals surface area contributed by atoms with Crippen LogP contribution in [0.25, 0.3) is 0 Å². The van der Waals surface area contributed by atoms with E-state index in [4.69, 9.17) is 9.90 Å². The van der Waals surface area contributed by atoms with Gasteiger partial charge in [-0.2, -0.15) is 0 Å². The van der Waals surface area contributed by atoms with Crippen molar-refractivity contribution in [2.75, 3.05) is 0 Å². The van der Waals surface area contributed by atoms with Gasteiger partial charge in [0.2, 0.25) is 0 Å². The van der Waals surface area contributed by atoms with E-state index in [1.807, 2.05) is 16.9 Å². The predicted octanol–water partition coefficient (Wildman–Crippen LogP) is 0.929. The van der Waals surface area contributed by atoms with Crippen LogP contribution in [0.4, 0.5) is 0 Å². The first-order valence-electron chi connectivity index (χ1n) is 3.04. The van der Waals surface area contributed by atoms with E-state index in [1.165, 1.54) is 18.1 Å². The Bertz CT molecular complexity index is 58.1. The van der Waals surface area contributed by atoms with Crippen molar-refractivity contribution in [3.8, 4) is 0 Å². The average Bonchev–Trinajstić information content (AvgIpc) is 1.66. The first-order valence-corrected chi connectivity index (χ1v) is 4.76. The van der Waals surface area contributed by atoms with E-state index >= 15 is 0 Å². The van der Waals surface area contributed by atoms with Crippen LogP contribution in [-0.2, 0) is 4.79 Å². The molecule has 0 heterocycles. The van der Waals surface area contributed by atoms with Gasteiger partial charge in [0.15, 0.2) is 0 Å². The molecule has 0 fully saturated rings. The minimum atomic E-state index is -0.833. The summed E-state index contributed by atoms with van der Waals surface area (Å²) in [5.41, 5.74) is 0. The number of carboxylic acids is 1. The van der Waals surface area contributed by atoms with Crippen LogP contribution < -0.4 is 0 Å². The summed E-state index contributed by atoms with van der Waals surface area (Å²) in [7, 11) is 0. The monoisotopic (exact) mass is 194 g/mol. The van der Waals surface area contributed by atoms with Crippen molar-refractivity contribution < 1.29 is 9.90 Å². The van der Waals surface area contributed by atoms with E-state index in [9.17, 15) is 0 Å². The molecule has 2 nitrogen and oxygen atoms in total. The van der Waals surface area contributed by atoms with Crippen molar-refractivity contribution in [3.05, 3.63) is 0 Å². The Morgan fingerprint density at radius 1 is 1.67 bits per heavy atom. The van der Waals surface area contributed by atoms with Crippen LogP contribution in [0, 0.1) is 0 Å². The van der Waals surface area contributed by atoms with Gasteiger partial charge in [-0.25, -0.2) is 0 Å². The Morgan fingerprint density at radius 3 is 2.00 bits per heavy atom. The number of unbranched alkanes of at least 4 members (excludes halogenated alkanes) is 1. The summed E-state index contributed by atoms with van der Waals surface area (Å²) < 4.78 is 0. The Morgan fingerprint density at radius 2 is 2.00 bits per heavy atom. The minimum absolute atomic E-state index is 0.833. The summed E-state index contributed by atoms with van der Waals surface area (Å²) in [5.74, 6) is -0.833. The second-order valence-electron chi connectivity index (χ2n) is 1.66. The predicted molar refractivity (Wildman–Crippen MR) is 41.6 cm³/mol. The maximum atomic E-state index is 9.00. The molecule has 9 heavy (non-hydrogen) atoms. The zero-order valence-corrected chi connectivity index (χ0v) is 8.48. The fourth-order valence-electron chi connectivity index (χ4n) is 0.204. The van der Waals surface area contributed by atoms with Crippen molar-refractivity contribution in [1.29, 1.82) is 0 Å². The van der Waals surface area contributed by atoms with Gasteiger partial charge in [0, 0.05) is 6.92 Å². The second-order valence-corrected chi connectivity index (χ2v) is 2.87. The van der Waals surface area contributed by atoms with Crippen molar-refractivity contribution in [2.24, 2.45) is 0 Å². The number of carbonyl (C=O) groups is 1. The third-order valence-corrected chi connectivity index (χ3v) is 1.41. The maximum absolute atomic E-state index is 9.00. The van der Waals surface area contributed by atoms with Crippen molar-refractivity contribution >= 4 is 22.8 Å². The summed E-state index contributed by atoms with van der Waals surface area (Å²) >= 11 is 1.85. The molecule has 0 bridgehead atoms. The van der Waals surface area contributed by atoms with E-state index < -0.39 is 5.97 Å². The van der Waals surface area contributed by atoms with Gasteiger partial charge in [-0.15, -0.1) is 0 Å². The number of carboxylic acid groups (broad SMARTS) is 1. The topological polar surface area (TPSA) is 37.3 Å². The van der Waals surface area contributed by atoms with Crippen molar-refractivity contribution in [3.63, 3.8) is 0 Å². The van der Waals surface area contributed by atoms with Crippen LogP contribution in [0.15, 0.2) is 0 Å². The molecule has 0 amide bonds. The van der Waals surface area contributed by atoms with Crippen LogP contribution in [0.1, 0.15) is 26.7 Å². The van der Waals surface area contributed by atoms with E-state index in [1.54, 1.807) is 0 Å². The molecule has 0 aliphatic heterocycles. The molecule has 0 aromatic rings. The third-order valence-electron chi connectivity index (χ3n) is 0.558. The molecule has 3 heteroatoms. The Kier molecular flexibility index (Phi) is 14.3. The summed E-state index contributed by atoms with van der Waals surface area (Å²) in [4.78, 5) is 9.00. The molecular weight excluding hydrogens is 179 g/mol. The first-order chi connectivity index (χ1) is 4.15. The number of rotatable bonds is 2. The first kappa shape index (κ1) is 11.8. The molecule has 0 saturated carbocycles. The number of hydrogen-bond acceptors (Lipinski definition) is 1. The average molecular weight is 194 g/mol. The second kappa shape index (κ2) is 10.9. The van der Waals surface area contributed by atoms with Gasteiger partial charge >= 0.3 is 41.8 Å². The molecule has 0 saturated heterocycles. The molecule has 0 aromatic heterocycles. The normalized spacial score (nSPS) is 7.44. The Balaban J connectivity index is 0. The molecule has 1 atom stereocenters. The van der Waals surface area contributed by atoms with Crippen LogP contribution in [0.2, 0.25) is 5.21 Å². The molecular formula is C6H15AsO2. The van der Waals surface area contributed by atoms with Crippen LogP contribution >= 0.6 is 0 Å². The summed E-state index contributed by atoms with van der Waals surface area (Å²) in [6.07, 6.45) is 2.78. The van der Waals surface area contributed by atoms with Crippen molar-refractivity contribution in [2.45, 2.75) is 31.9 Å². The number of aliphatic carboxylic acids is 1. The molecule has 0 rings (SSSR count). The molecule has 1 N–H and O–H groups in total. The van der Waals surface area contributed by atoms with Crippen LogP contribution in [0.3, 0.4) is 0 Å². The standard InChI is InChI=1S/C4H11As.C2H4O2/c1-2-3-4-5;1-2(3)4/h2-5H2,1H3;1H3,(H,3,4). The zero-order valence-electron chi connectivity index (χ0n) is 6.05. The zero-order chi connectivity index (χ0) is 7.70. The quantitative estimate of drug-likeness (QED) is 0.664. The summed E-state index contributed by atoms with van der Waals surface area (Å²) in [6, 6.07) is 0. The van der Waals surface area contributed by atoms with Gasteiger partial charge in [0.05, 0.1) is 0 Å². The molecule has 56 valence electrons. The van der Waals surface area contributed by atoms with Gasteiger partial charge in [0.1, 0.15) is 0 Å². The van der Waals surface area contributed by atoms with Crippen LogP contribution in [-0.4, -0.2) is 27.9 Å². The van der Waals surface area contributed by atoms with Gasteiger partial charge in [-0.1, -0.05) is 0 Å². The van der Waals surface area contributed by atoms with E-state index in [0.717, 1.165) is 6.92 Å². The molecule has 0 aliphatic rings. The fourth-order valence-corrected chi connectivity index (χ4v) is 1.06. The SMILES string of the molecule is CC(=O)O.CCCC[AsH2].